The van der Waals surface area contributed by atoms with Gasteiger partial charge in [0.1, 0.15) is 35.7 Å². The first-order valence-electron chi connectivity index (χ1n) is 24.2. The fourth-order valence-corrected chi connectivity index (χ4v) is 10.4. The number of carbonyl (C=O) groups is 1. The third-order valence-electron chi connectivity index (χ3n) is 13.6. The van der Waals surface area contributed by atoms with Crippen molar-refractivity contribution in [3.8, 4) is 17.2 Å². The minimum absolute atomic E-state index is 0.000378. The molecule has 374 valence electrons. The maximum absolute atomic E-state index is 15.2. The first kappa shape index (κ1) is 50.8. The Labute approximate surface area is 416 Å². The largest absolute Gasteiger partial charge is 0.459 e. The van der Waals surface area contributed by atoms with E-state index in [0.29, 0.717) is 60.4 Å². The van der Waals surface area contributed by atoms with Crippen molar-refractivity contribution in [3.05, 3.63) is 200 Å². The summed E-state index contributed by atoms with van der Waals surface area (Å²) >= 11 is 0. The molecule has 1 aliphatic heterocycles. The number of non-ortho nitro benzene ring substituents is 2. The second-order valence-corrected chi connectivity index (χ2v) is 18.2. The fraction of sp³-hybridized carbons (Fsp3) is 0.321. The summed E-state index contributed by atoms with van der Waals surface area (Å²) < 4.78 is 35.4. The maximum atomic E-state index is 15.2. The minimum atomic E-state index is -1.65. The average molecular weight is 981 g/mol. The van der Waals surface area contributed by atoms with Crippen LogP contribution in [-0.4, -0.2) is 68.2 Å². The number of hydrogen-bond donors (Lipinski definition) is 2. The van der Waals surface area contributed by atoms with Crippen LogP contribution >= 0.6 is 0 Å². The molecule has 5 aromatic rings. The van der Waals surface area contributed by atoms with E-state index in [0.717, 1.165) is 23.1 Å². The predicted molar refractivity (Wildman–Crippen MR) is 268 cm³/mol. The second kappa shape index (κ2) is 23.6. The van der Waals surface area contributed by atoms with Gasteiger partial charge in [-0.2, -0.15) is 0 Å². The van der Waals surface area contributed by atoms with Crippen LogP contribution in [0.3, 0.4) is 0 Å². The van der Waals surface area contributed by atoms with Crippen LogP contribution in [0.1, 0.15) is 73.1 Å². The Kier molecular flexibility index (Phi) is 16.7. The zero-order valence-corrected chi connectivity index (χ0v) is 39.7. The van der Waals surface area contributed by atoms with Crippen LogP contribution in [0.15, 0.2) is 157 Å². The third-order valence-corrected chi connectivity index (χ3v) is 13.6. The van der Waals surface area contributed by atoms with E-state index in [1.54, 1.807) is 65.6 Å². The van der Waals surface area contributed by atoms with Gasteiger partial charge in [0.05, 0.1) is 34.1 Å². The van der Waals surface area contributed by atoms with Crippen molar-refractivity contribution in [1.82, 2.24) is 4.90 Å². The number of allylic oxidation sites excluding steroid dienone is 1. The molecule has 1 fully saturated rings. The van der Waals surface area contributed by atoms with Crippen LogP contribution in [0.4, 0.5) is 15.8 Å². The van der Waals surface area contributed by atoms with Gasteiger partial charge in [0.15, 0.2) is 0 Å². The number of nitrogens with zero attached hydrogens (tertiary/aromatic N) is 4. The monoisotopic (exact) mass is 980 g/mol. The number of rotatable bonds is 23. The summed E-state index contributed by atoms with van der Waals surface area (Å²) in [4.78, 5) is 45.3. The van der Waals surface area contributed by atoms with Crippen molar-refractivity contribution in [2.45, 2.75) is 75.8 Å². The van der Waals surface area contributed by atoms with Crippen LogP contribution in [0.25, 0.3) is 6.08 Å². The molecule has 3 aliphatic rings. The molecule has 2 N–H and O–H groups in total. The van der Waals surface area contributed by atoms with Crippen LogP contribution in [0.2, 0.25) is 0 Å². The summed E-state index contributed by atoms with van der Waals surface area (Å²) in [6.07, 6.45) is 10.8. The van der Waals surface area contributed by atoms with Crippen molar-refractivity contribution >= 4 is 29.1 Å². The van der Waals surface area contributed by atoms with E-state index >= 15 is 4.79 Å². The molecule has 0 radical (unpaired) electrons. The molecular formula is C56H57FN4O11. The molecular weight excluding hydrogens is 924 g/mol. The van der Waals surface area contributed by atoms with Gasteiger partial charge in [0, 0.05) is 61.9 Å². The minimum Gasteiger partial charge on any atom is -0.459 e. The molecule has 6 atom stereocenters. The molecule has 15 nitrogen and oxygen atoms in total. The van der Waals surface area contributed by atoms with E-state index in [2.05, 4.69) is 12.7 Å². The quantitative estimate of drug-likeness (QED) is 0.0208. The number of aliphatic hydroxyl groups is 2. The predicted octanol–water partition coefficient (Wildman–Crippen LogP) is 11.0. The number of nitro benzene ring substituents is 2. The summed E-state index contributed by atoms with van der Waals surface area (Å²) in [6.45, 7) is 4.15. The second-order valence-electron chi connectivity index (χ2n) is 18.2. The van der Waals surface area contributed by atoms with Gasteiger partial charge in [0.2, 0.25) is 11.7 Å². The van der Waals surface area contributed by atoms with Gasteiger partial charge in [-0.25, -0.2) is 4.39 Å². The number of hydrogen-bond acceptors (Lipinski definition) is 12. The number of ether oxygens (including phenoxy) is 3. The molecule has 0 unspecified atom stereocenters. The molecule has 5 aromatic carbocycles. The van der Waals surface area contributed by atoms with Gasteiger partial charge in [-0.05, 0) is 114 Å². The van der Waals surface area contributed by atoms with E-state index in [4.69, 9.17) is 24.2 Å². The molecule has 1 saturated carbocycles. The van der Waals surface area contributed by atoms with E-state index in [1.807, 2.05) is 36.4 Å². The Hall–Kier alpha value is -7.53. The van der Waals surface area contributed by atoms with Crippen molar-refractivity contribution in [2.75, 3.05) is 19.8 Å². The molecule has 0 spiro atoms. The summed E-state index contributed by atoms with van der Waals surface area (Å²) in [5.74, 6) is -2.78. The first-order chi connectivity index (χ1) is 35.0. The molecule has 72 heavy (non-hydrogen) atoms. The van der Waals surface area contributed by atoms with Gasteiger partial charge in [-0.3, -0.25) is 25.0 Å². The van der Waals surface area contributed by atoms with Gasteiger partial charge in [-0.15, -0.1) is 6.58 Å². The molecule has 1 heterocycles. The molecule has 2 aliphatic carbocycles. The van der Waals surface area contributed by atoms with Crippen molar-refractivity contribution in [3.63, 3.8) is 0 Å². The lowest BCUT2D eigenvalue weighted by Crippen LogP contribution is -2.70. The lowest BCUT2D eigenvalue weighted by molar-refractivity contribution is -0.385. The number of carbonyl (C=O) groups excluding carboxylic acids is 1. The Morgan fingerprint density at radius 2 is 1.57 bits per heavy atom. The molecule has 8 rings (SSSR count). The SMILES string of the molecule is C=CCO[C@@]12Oc3ccc(Oc4cccc([N+](=O)[O-])c4)cc3[C@H]3[C@H](CCCCO)[C@@H](CCCCO)C=C(C(=NOCc4ccccc4)C[C@@H]1N(Cc1ccc(F)cc1)C(=O)C=Cc1ccc([N+](=O)[O-])cc1)[C@H]32. The van der Waals surface area contributed by atoms with Gasteiger partial charge in [-0.1, -0.05) is 78.7 Å². The molecule has 0 aromatic heterocycles. The molecule has 0 bridgehead atoms. The van der Waals surface area contributed by atoms with E-state index in [-0.39, 0.29) is 68.4 Å². The smallest absolute Gasteiger partial charge is 0.273 e. The number of halogens is 1. The average Bonchev–Trinajstić information content (AvgIpc) is 3.39. The third kappa shape index (κ3) is 11.6. The highest BCUT2D eigenvalue weighted by Gasteiger charge is 2.65. The van der Waals surface area contributed by atoms with Crippen LogP contribution in [-0.2, 0) is 27.5 Å². The summed E-state index contributed by atoms with van der Waals surface area (Å²) in [5, 5.41) is 48.2. The highest BCUT2D eigenvalue weighted by atomic mass is 19.1. The number of aliphatic hydroxyl groups excluding tert-OH is 2. The Morgan fingerprint density at radius 3 is 2.28 bits per heavy atom. The van der Waals surface area contributed by atoms with Crippen molar-refractivity contribution < 1.29 is 48.3 Å². The van der Waals surface area contributed by atoms with E-state index in [9.17, 15) is 34.8 Å². The zero-order valence-electron chi connectivity index (χ0n) is 39.7. The van der Waals surface area contributed by atoms with Crippen LogP contribution in [0.5, 0.6) is 17.2 Å². The number of amides is 1. The fourth-order valence-electron chi connectivity index (χ4n) is 10.4. The van der Waals surface area contributed by atoms with Crippen LogP contribution < -0.4 is 9.47 Å². The summed E-state index contributed by atoms with van der Waals surface area (Å²) in [6, 6.07) is 31.6. The molecule has 16 heteroatoms. The van der Waals surface area contributed by atoms with Crippen molar-refractivity contribution in [2.24, 2.45) is 22.9 Å². The Balaban J connectivity index is 1.34. The molecule has 1 amide bonds. The molecule has 0 saturated heterocycles. The van der Waals surface area contributed by atoms with Gasteiger partial charge >= 0.3 is 0 Å². The van der Waals surface area contributed by atoms with E-state index in [1.165, 1.54) is 42.5 Å². The van der Waals surface area contributed by atoms with Gasteiger partial charge < -0.3 is 34.2 Å². The van der Waals surface area contributed by atoms with E-state index < -0.39 is 45.2 Å². The number of unbranched alkanes of at least 4 members (excludes halogenated alkanes) is 2. The number of fused-ring (bicyclic) bond motifs is 2. The normalized spacial score (nSPS) is 21.5. The number of benzene rings is 5. The maximum Gasteiger partial charge on any atom is 0.273 e. The lowest BCUT2D eigenvalue weighted by atomic mass is 9.55. The first-order valence-corrected chi connectivity index (χ1v) is 24.2. The zero-order chi connectivity index (χ0) is 50.6. The number of oxime groups is 1. The van der Waals surface area contributed by atoms with Crippen LogP contribution in [0, 0.1) is 43.8 Å². The highest BCUT2D eigenvalue weighted by Crippen LogP contribution is 2.62. The summed E-state index contributed by atoms with van der Waals surface area (Å²) in [5.41, 5.74) is 3.92. The topological polar surface area (TPSA) is 196 Å². The summed E-state index contributed by atoms with van der Waals surface area (Å²) in [7, 11) is 0. The van der Waals surface area contributed by atoms with Crippen molar-refractivity contribution in [1.29, 1.82) is 0 Å². The number of nitro groups is 2. The Morgan fingerprint density at radius 1 is 0.847 bits per heavy atom. The lowest BCUT2D eigenvalue weighted by Gasteiger charge is -2.60. The van der Waals surface area contributed by atoms with Gasteiger partial charge in [0.25, 0.3) is 11.4 Å². The highest BCUT2D eigenvalue weighted by molar-refractivity contribution is 6.03. The Bertz CT molecular complexity index is 2800. The standard InChI is InChI=1S/C56H57FN4O11/c1-2-31-69-56-52(59(36-39-17-22-42(57)23-18-39)53(64)28-21-38-19-24-43(25-20-38)60(65)66)35-50(58-70-37-40-11-4-3-5-12-40)48-32-41(13-6-8-29-62)47(16-7-9-30-63)54(55(48)56)49-34-46(26-27-51(49)72-56)71-45-15-10-14-44(33-45)61(67)68/h2-5,10-12,14-15,17-28,32-34,41,47,52,54-55,62-63H,1,6-9,13,16,29-31,35-37H2/t41-,47+,52-,54+,55+,56+/m0/s1.